The molecule has 3 rings (SSSR count). The second-order valence-corrected chi connectivity index (χ2v) is 7.32. The molecule has 0 aromatic heterocycles. The fourth-order valence-electron chi connectivity index (χ4n) is 5.43. The summed E-state index contributed by atoms with van der Waals surface area (Å²) in [5, 5.41) is 0. The summed E-state index contributed by atoms with van der Waals surface area (Å²) in [6.45, 7) is 2.55. The van der Waals surface area contributed by atoms with E-state index in [0.717, 1.165) is 29.6 Å². The summed E-state index contributed by atoms with van der Waals surface area (Å²) in [7, 11) is 0. The first-order valence-corrected chi connectivity index (χ1v) is 8.34. The van der Waals surface area contributed by atoms with Gasteiger partial charge in [-0.15, -0.1) is 0 Å². The standard InChI is InChI=1S/C17H30/c1-13-11-15(12-14-7-3-2-4-8-14)17-10-6-5-9-16(13)17/h13-17H,2-12H2,1H3. The Bertz CT molecular complexity index is 238. The zero-order valence-electron chi connectivity index (χ0n) is 11.7. The Morgan fingerprint density at radius 2 is 1.41 bits per heavy atom. The molecule has 0 aromatic rings. The van der Waals surface area contributed by atoms with Crippen LogP contribution in [0.3, 0.4) is 0 Å². The fraction of sp³-hybridized carbons (Fsp3) is 1.00. The van der Waals surface area contributed by atoms with E-state index in [1.165, 1.54) is 32.1 Å². The Morgan fingerprint density at radius 1 is 0.765 bits per heavy atom. The molecule has 0 spiro atoms. The van der Waals surface area contributed by atoms with Gasteiger partial charge in [0.2, 0.25) is 0 Å². The van der Waals surface area contributed by atoms with Gasteiger partial charge in [0.05, 0.1) is 0 Å². The Kier molecular flexibility index (Phi) is 3.78. The van der Waals surface area contributed by atoms with Gasteiger partial charge in [-0.1, -0.05) is 51.9 Å². The molecule has 0 heterocycles. The maximum Gasteiger partial charge on any atom is -0.0355 e. The van der Waals surface area contributed by atoms with Gasteiger partial charge >= 0.3 is 0 Å². The summed E-state index contributed by atoms with van der Waals surface area (Å²) in [6.07, 6.45) is 17.1. The molecule has 0 radical (unpaired) electrons. The van der Waals surface area contributed by atoms with E-state index in [1.54, 1.807) is 38.5 Å². The van der Waals surface area contributed by atoms with Crippen molar-refractivity contribution >= 4 is 0 Å². The minimum absolute atomic E-state index is 1.05. The molecule has 0 aromatic carbocycles. The third-order valence-corrected chi connectivity index (χ3v) is 6.25. The molecule has 0 amide bonds. The predicted molar refractivity (Wildman–Crippen MR) is 73.9 cm³/mol. The summed E-state index contributed by atoms with van der Waals surface area (Å²) in [5.74, 6) is 5.55. The van der Waals surface area contributed by atoms with Crippen molar-refractivity contribution in [2.24, 2.45) is 29.6 Å². The third-order valence-electron chi connectivity index (χ3n) is 6.25. The lowest BCUT2D eigenvalue weighted by molar-refractivity contribution is 0.180. The van der Waals surface area contributed by atoms with Gasteiger partial charge in [-0.3, -0.25) is 0 Å². The van der Waals surface area contributed by atoms with Crippen LogP contribution in [0.2, 0.25) is 0 Å². The van der Waals surface area contributed by atoms with Gasteiger partial charge in [0.1, 0.15) is 0 Å². The van der Waals surface area contributed by atoms with E-state index in [1.807, 2.05) is 0 Å². The molecule has 0 N–H and O–H groups in total. The summed E-state index contributed by atoms with van der Waals surface area (Å²) >= 11 is 0. The Hall–Kier alpha value is 0. The van der Waals surface area contributed by atoms with E-state index in [-0.39, 0.29) is 0 Å². The number of fused-ring (bicyclic) bond motifs is 1. The third kappa shape index (κ3) is 2.56. The van der Waals surface area contributed by atoms with Crippen LogP contribution in [0, 0.1) is 29.6 Å². The van der Waals surface area contributed by atoms with Crippen molar-refractivity contribution in [2.75, 3.05) is 0 Å². The molecule has 3 aliphatic carbocycles. The molecular weight excluding hydrogens is 204 g/mol. The van der Waals surface area contributed by atoms with Crippen LogP contribution in [-0.4, -0.2) is 0 Å². The second kappa shape index (κ2) is 5.33. The highest BCUT2D eigenvalue weighted by Gasteiger charge is 2.42. The smallest absolute Gasteiger partial charge is 0.0355 e. The largest absolute Gasteiger partial charge is 0.0622 e. The first kappa shape index (κ1) is 12.1. The van der Waals surface area contributed by atoms with Gasteiger partial charge in [-0.2, -0.15) is 0 Å². The molecular formula is C17H30. The first-order chi connectivity index (χ1) is 8.34. The van der Waals surface area contributed by atoms with E-state index in [0.29, 0.717) is 0 Å². The lowest BCUT2D eigenvalue weighted by atomic mass is 9.73. The molecule has 3 fully saturated rings. The monoisotopic (exact) mass is 234 g/mol. The van der Waals surface area contributed by atoms with Gasteiger partial charge in [-0.05, 0) is 55.3 Å². The molecule has 0 heteroatoms. The van der Waals surface area contributed by atoms with Crippen LogP contribution in [0.1, 0.15) is 77.6 Å². The predicted octanol–water partition coefficient (Wildman–Crippen LogP) is 5.42. The molecule has 0 nitrogen and oxygen atoms in total. The summed E-state index contributed by atoms with van der Waals surface area (Å²) in [4.78, 5) is 0. The fourth-order valence-corrected chi connectivity index (χ4v) is 5.43. The average Bonchev–Trinajstić information content (AvgIpc) is 2.69. The topological polar surface area (TPSA) is 0 Å². The normalized spacial score (nSPS) is 43.6. The van der Waals surface area contributed by atoms with Crippen molar-refractivity contribution in [1.82, 2.24) is 0 Å². The summed E-state index contributed by atoms with van der Waals surface area (Å²) < 4.78 is 0. The van der Waals surface area contributed by atoms with Crippen LogP contribution >= 0.6 is 0 Å². The van der Waals surface area contributed by atoms with Crippen molar-refractivity contribution < 1.29 is 0 Å². The lowest BCUT2D eigenvalue weighted by Crippen LogP contribution is -2.22. The van der Waals surface area contributed by atoms with Crippen LogP contribution in [0.15, 0.2) is 0 Å². The van der Waals surface area contributed by atoms with Crippen molar-refractivity contribution in [2.45, 2.75) is 77.6 Å². The van der Waals surface area contributed by atoms with Crippen molar-refractivity contribution in [1.29, 1.82) is 0 Å². The van der Waals surface area contributed by atoms with Crippen LogP contribution in [0.25, 0.3) is 0 Å². The van der Waals surface area contributed by atoms with E-state index in [9.17, 15) is 0 Å². The minimum Gasteiger partial charge on any atom is -0.0622 e. The van der Waals surface area contributed by atoms with Gasteiger partial charge < -0.3 is 0 Å². The maximum absolute atomic E-state index is 2.55. The van der Waals surface area contributed by atoms with E-state index in [2.05, 4.69) is 6.92 Å². The second-order valence-electron chi connectivity index (χ2n) is 7.32. The maximum atomic E-state index is 2.55. The van der Waals surface area contributed by atoms with Crippen LogP contribution in [0.5, 0.6) is 0 Å². The molecule has 4 unspecified atom stereocenters. The highest BCUT2D eigenvalue weighted by atomic mass is 14.5. The summed E-state index contributed by atoms with van der Waals surface area (Å²) in [5.41, 5.74) is 0. The quantitative estimate of drug-likeness (QED) is 0.598. The van der Waals surface area contributed by atoms with E-state index < -0.39 is 0 Å². The molecule has 17 heavy (non-hydrogen) atoms. The number of rotatable bonds is 2. The highest BCUT2D eigenvalue weighted by molar-refractivity contribution is 4.92. The Morgan fingerprint density at radius 3 is 2.18 bits per heavy atom. The molecule has 0 aliphatic heterocycles. The molecule has 98 valence electrons. The van der Waals surface area contributed by atoms with Gasteiger partial charge in [0, 0.05) is 0 Å². The Labute approximate surface area is 108 Å². The molecule has 3 aliphatic rings. The molecule has 0 saturated heterocycles. The molecule has 4 atom stereocenters. The highest BCUT2D eigenvalue weighted by Crippen LogP contribution is 2.51. The molecule has 0 bridgehead atoms. The Balaban J connectivity index is 1.59. The molecule has 3 saturated carbocycles. The lowest BCUT2D eigenvalue weighted by Gasteiger charge is -2.33. The number of hydrogen-bond acceptors (Lipinski definition) is 0. The zero-order valence-corrected chi connectivity index (χ0v) is 11.7. The van der Waals surface area contributed by atoms with Gasteiger partial charge in [-0.25, -0.2) is 0 Å². The van der Waals surface area contributed by atoms with Crippen molar-refractivity contribution in [3.05, 3.63) is 0 Å². The van der Waals surface area contributed by atoms with Gasteiger partial charge in [0.25, 0.3) is 0 Å². The van der Waals surface area contributed by atoms with Crippen molar-refractivity contribution in [3.63, 3.8) is 0 Å². The van der Waals surface area contributed by atoms with Crippen LogP contribution in [-0.2, 0) is 0 Å². The van der Waals surface area contributed by atoms with Gasteiger partial charge in [0.15, 0.2) is 0 Å². The summed E-state index contributed by atoms with van der Waals surface area (Å²) in [6, 6.07) is 0. The van der Waals surface area contributed by atoms with Crippen LogP contribution < -0.4 is 0 Å². The zero-order chi connectivity index (χ0) is 11.7. The van der Waals surface area contributed by atoms with Crippen molar-refractivity contribution in [3.8, 4) is 0 Å². The van der Waals surface area contributed by atoms with E-state index >= 15 is 0 Å². The number of hydrogen-bond donors (Lipinski definition) is 0. The van der Waals surface area contributed by atoms with Crippen LogP contribution in [0.4, 0.5) is 0 Å². The average molecular weight is 234 g/mol. The SMILES string of the molecule is CC1CC(CC2CCCCC2)C2CCCCC12. The van der Waals surface area contributed by atoms with E-state index in [4.69, 9.17) is 0 Å². The first-order valence-electron chi connectivity index (χ1n) is 8.34. The minimum atomic E-state index is 1.05.